The van der Waals surface area contributed by atoms with Crippen LogP contribution in [-0.2, 0) is 9.59 Å². The minimum absolute atomic E-state index is 0.141. The number of nitrogens with zero attached hydrogens (tertiary/aromatic N) is 1. The average molecular weight is 380 g/mol. The van der Waals surface area contributed by atoms with Crippen molar-refractivity contribution >= 4 is 52.2 Å². The van der Waals surface area contributed by atoms with Gasteiger partial charge in [0.05, 0.1) is 9.93 Å². The highest BCUT2D eigenvalue weighted by molar-refractivity contribution is 8.18. The van der Waals surface area contributed by atoms with Crippen molar-refractivity contribution < 1.29 is 18.8 Å². The number of amides is 3. The van der Waals surface area contributed by atoms with Crippen LogP contribution in [0.5, 0.6) is 0 Å². The number of aromatic nitrogens is 1. The molecular weight excluding hydrogens is 369 g/mol. The number of carbonyl (C=O) groups is 3. The van der Waals surface area contributed by atoms with E-state index in [1.54, 1.807) is 24.4 Å². The van der Waals surface area contributed by atoms with E-state index >= 15 is 0 Å². The first-order valence-corrected chi connectivity index (χ1v) is 8.27. The Morgan fingerprint density at radius 2 is 2.16 bits per heavy atom. The van der Waals surface area contributed by atoms with Crippen molar-refractivity contribution in [3.05, 3.63) is 58.0 Å². The number of benzene rings is 1. The van der Waals surface area contributed by atoms with Gasteiger partial charge in [-0.1, -0.05) is 11.6 Å². The molecule has 6 nitrogen and oxygen atoms in total. The summed E-state index contributed by atoms with van der Waals surface area (Å²) in [6.45, 7) is -0.443. The Labute approximate surface area is 151 Å². The summed E-state index contributed by atoms with van der Waals surface area (Å²) in [6.07, 6.45) is 3.24. The lowest BCUT2D eigenvalue weighted by atomic mass is 10.3. The van der Waals surface area contributed by atoms with Crippen LogP contribution in [0.3, 0.4) is 0 Å². The van der Waals surface area contributed by atoms with Crippen LogP contribution in [0.15, 0.2) is 41.4 Å². The Morgan fingerprint density at radius 1 is 1.36 bits per heavy atom. The molecule has 0 atom stereocenters. The van der Waals surface area contributed by atoms with Crippen molar-refractivity contribution in [3.8, 4) is 0 Å². The second-order valence-corrected chi connectivity index (χ2v) is 6.47. The lowest BCUT2D eigenvalue weighted by Gasteiger charge is -2.12. The standard InChI is InChI=1S/C16H11ClFN3O3S/c17-11-6-10(3-4-12(11)18)20-14(22)8-21-15(23)13(25-16(21)24)7-9-2-1-5-19-9/h1-7,19H,8H2,(H,20,22)/b13-7+. The van der Waals surface area contributed by atoms with Gasteiger partial charge in [-0.3, -0.25) is 19.3 Å². The molecule has 0 bridgehead atoms. The number of nitrogens with one attached hydrogen (secondary N) is 2. The van der Waals surface area contributed by atoms with E-state index in [4.69, 9.17) is 11.6 Å². The third-order valence-electron chi connectivity index (χ3n) is 3.29. The number of thioether (sulfide) groups is 1. The largest absolute Gasteiger partial charge is 0.362 e. The Kier molecular flexibility index (Phi) is 4.91. The third-order valence-corrected chi connectivity index (χ3v) is 4.48. The van der Waals surface area contributed by atoms with Crippen LogP contribution in [-0.4, -0.2) is 33.5 Å². The Hall–Kier alpha value is -2.58. The highest BCUT2D eigenvalue weighted by Gasteiger charge is 2.36. The van der Waals surface area contributed by atoms with Gasteiger partial charge in [0.15, 0.2) is 0 Å². The molecule has 0 aliphatic carbocycles. The molecule has 0 saturated carbocycles. The topological polar surface area (TPSA) is 82.3 Å². The SMILES string of the molecule is O=C(CN1C(=O)S/C(=C/c2ccc[nH]2)C1=O)Nc1ccc(F)c(Cl)c1. The number of imide groups is 1. The van der Waals surface area contributed by atoms with Gasteiger partial charge in [0, 0.05) is 17.6 Å². The molecule has 1 aliphatic rings. The first kappa shape index (κ1) is 17.2. The molecule has 2 heterocycles. The molecule has 25 heavy (non-hydrogen) atoms. The Morgan fingerprint density at radius 3 is 2.84 bits per heavy atom. The van der Waals surface area contributed by atoms with Crippen molar-refractivity contribution in [1.29, 1.82) is 0 Å². The predicted molar refractivity (Wildman–Crippen MR) is 93.5 cm³/mol. The zero-order valence-corrected chi connectivity index (χ0v) is 14.2. The highest BCUT2D eigenvalue weighted by atomic mass is 35.5. The number of halogens is 2. The number of rotatable bonds is 4. The monoisotopic (exact) mass is 379 g/mol. The number of carbonyl (C=O) groups excluding carboxylic acids is 3. The lowest BCUT2D eigenvalue weighted by molar-refractivity contribution is -0.127. The number of anilines is 1. The van der Waals surface area contributed by atoms with E-state index in [0.717, 1.165) is 22.7 Å². The molecular formula is C16H11ClFN3O3S. The van der Waals surface area contributed by atoms with Gasteiger partial charge in [-0.15, -0.1) is 0 Å². The molecule has 2 aromatic rings. The van der Waals surface area contributed by atoms with E-state index in [9.17, 15) is 18.8 Å². The molecule has 1 fully saturated rings. The summed E-state index contributed by atoms with van der Waals surface area (Å²) in [5.41, 5.74) is 0.946. The molecule has 3 amide bonds. The lowest BCUT2D eigenvalue weighted by Crippen LogP contribution is -2.36. The molecule has 1 aromatic heterocycles. The predicted octanol–water partition coefficient (Wildman–Crippen LogP) is 3.48. The zero-order chi connectivity index (χ0) is 18.0. The summed E-state index contributed by atoms with van der Waals surface area (Å²) in [5, 5.41) is 1.79. The molecule has 3 rings (SSSR count). The van der Waals surface area contributed by atoms with Gasteiger partial charge in [-0.2, -0.15) is 0 Å². The van der Waals surface area contributed by atoms with Crippen molar-refractivity contribution in [2.45, 2.75) is 0 Å². The normalized spacial score (nSPS) is 15.9. The summed E-state index contributed by atoms with van der Waals surface area (Å²) >= 11 is 6.40. The van der Waals surface area contributed by atoms with Crippen molar-refractivity contribution in [1.82, 2.24) is 9.88 Å². The van der Waals surface area contributed by atoms with E-state index in [1.807, 2.05) is 0 Å². The summed E-state index contributed by atoms with van der Waals surface area (Å²) in [5.74, 6) is -1.75. The van der Waals surface area contributed by atoms with Crippen LogP contribution < -0.4 is 5.32 Å². The maximum atomic E-state index is 13.1. The van der Waals surface area contributed by atoms with Crippen LogP contribution in [0, 0.1) is 5.82 Å². The van der Waals surface area contributed by atoms with Gasteiger partial charge in [0.25, 0.3) is 11.1 Å². The van der Waals surface area contributed by atoms with Crippen molar-refractivity contribution in [3.63, 3.8) is 0 Å². The van der Waals surface area contributed by atoms with Gasteiger partial charge >= 0.3 is 0 Å². The minimum Gasteiger partial charge on any atom is -0.362 e. The van der Waals surface area contributed by atoms with E-state index in [2.05, 4.69) is 10.3 Å². The fourth-order valence-electron chi connectivity index (χ4n) is 2.13. The van der Waals surface area contributed by atoms with Gasteiger partial charge in [0.2, 0.25) is 5.91 Å². The van der Waals surface area contributed by atoms with Crippen molar-refractivity contribution in [2.75, 3.05) is 11.9 Å². The van der Waals surface area contributed by atoms with E-state index in [-0.39, 0.29) is 15.6 Å². The number of hydrogen-bond donors (Lipinski definition) is 2. The fraction of sp³-hybridized carbons (Fsp3) is 0.0625. The Bertz CT molecular complexity index is 883. The maximum absolute atomic E-state index is 13.1. The average Bonchev–Trinajstić information content (AvgIpc) is 3.15. The maximum Gasteiger partial charge on any atom is 0.294 e. The molecule has 1 saturated heterocycles. The van der Waals surface area contributed by atoms with Gasteiger partial charge in [0.1, 0.15) is 12.4 Å². The minimum atomic E-state index is -0.611. The van der Waals surface area contributed by atoms with Crippen LogP contribution in [0.25, 0.3) is 6.08 Å². The second kappa shape index (κ2) is 7.12. The first-order valence-electron chi connectivity index (χ1n) is 7.07. The zero-order valence-electron chi connectivity index (χ0n) is 12.6. The molecule has 2 N–H and O–H groups in total. The molecule has 1 aliphatic heterocycles. The van der Waals surface area contributed by atoms with E-state index in [1.165, 1.54) is 12.1 Å². The molecule has 0 radical (unpaired) electrons. The molecule has 1 aromatic carbocycles. The summed E-state index contributed by atoms with van der Waals surface area (Å²) in [4.78, 5) is 40.3. The van der Waals surface area contributed by atoms with Gasteiger partial charge < -0.3 is 10.3 Å². The summed E-state index contributed by atoms with van der Waals surface area (Å²) in [6, 6.07) is 7.19. The summed E-state index contributed by atoms with van der Waals surface area (Å²) in [7, 11) is 0. The molecule has 128 valence electrons. The number of aromatic amines is 1. The molecule has 9 heteroatoms. The van der Waals surface area contributed by atoms with E-state index in [0.29, 0.717) is 5.69 Å². The van der Waals surface area contributed by atoms with Crippen LogP contribution in [0.2, 0.25) is 5.02 Å². The number of hydrogen-bond acceptors (Lipinski definition) is 4. The van der Waals surface area contributed by atoms with Crippen LogP contribution in [0.4, 0.5) is 14.9 Å². The Balaban J connectivity index is 1.67. The van der Waals surface area contributed by atoms with Crippen LogP contribution >= 0.6 is 23.4 Å². The number of H-pyrrole nitrogens is 1. The summed E-state index contributed by atoms with van der Waals surface area (Å²) < 4.78 is 13.1. The van der Waals surface area contributed by atoms with Gasteiger partial charge in [-0.25, -0.2) is 4.39 Å². The fourth-order valence-corrected chi connectivity index (χ4v) is 3.14. The first-order chi connectivity index (χ1) is 11.9. The van der Waals surface area contributed by atoms with Gasteiger partial charge in [-0.05, 0) is 48.2 Å². The highest BCUT2D eigenvalue weighted by Crippen LogP contribution is 2.31. The van der Waals surface area contributed by atoms with E-state index < -0.39 is 29.4 Å². The molecule has 0 unspecified atom stereocenters. The third kappa shape index (κ3) is 3.92. The smallest absolute Gasteiger partial charge is 0.294 e. The van der Waals surface area contributed by atoms with Crippen molar-refractivity contribution in [2.24, 2.45) is 0 Å². The quantitative estimate of drug-likeness (QED) is 0.797. The molecule has 0 spiro atoms. The van der Waals surface area contributed by atoms with Crippen LogP contribution in [0.1, 0.15) is 5.69 Å². The second-order valence-electron chi connectivity index (χ2n) is 5.07.